The molecule has 0 spiro atoms. The largest absolute Gasteiger partial charge is 0.507 e. The van der Waals surface area contributed by atoms with Crippen molar-refractivity contribution in [3.63, 3.8) is 0 Å². The summed E-state index contributed by atoms with van der Waals surface area (Å²) in [6, 6.07) is 11.3. The Balaban J connectivity index is 2.27. The Morgan fingerprint density at radius 2 is 1.42 bits per heavy atom. The molecule has 0 aliphatic rings. The molecular formula is C24H25NO7S. The third-order valence-corrected chi connectivity index (χ3v) is 7.02. The topological polar surface area (TPSA) is 119 Å². The quantitative estimate of drug-likeness (QED) is 0.320. The van der Waals surface area contributed by atoms with Gasteiger partial charge in [-0.2, -0.15) is 0 Å². The van der Waals surface area contributed by atoms with Crippen molar-refractivity contribution in [1.82, 2.24) is 0 Å². The molecule has 33 heavy (non-hydrogen) atoms. The highest BCUT2D eigenvalue weighted by Gasteiger charge is 2.34. The number of nitrogens with one attached hydrogen (secondary N) is 1. The standard InChI is InChI=1S/C24H25NO7S/c1-13-10-14(2)22(15(3)11-13)33(29,30)25-19-12-18(20(23(27)31-4)24(28)32-5)21(26)17-9-7-6-8-16(17)19/h6-12,20,25-26H,1-5H3. The average molecular weight is 472 g/mol. The molecular weight excluding hydrogens is 446 g/mol. The van der Waals surface area contributed by atoms with Crippen molar-refractivity contribution in [1.29, 1.82) is 0 Å². The zero-order valence-corrected chi connectivity index (χ0v) is 19.7. The predicted octanol–water partition coefficient (Wildman–Crippen LogP) is 3.70. The van der Waals surface area contributed by atoms with Gasteiger partial charge in [-0.25, -0.2) is 8.42 Å². The van der Waals surface area contributed by atoms with E-state index in [-0.39, 0.29) is 27.3 Å². The predicted molar refractivity (Wildman–Crippen MR) is 124 cm³/mol. The van der Waals surface area contributed by atoms with Gasteiger partial charge < -0.3 is 14.6 Å². The minimum Gasteiger partial charge on any atom is -0.507 e. The summed E-state index contributed by atoms with van der Waals surface area (Å²) in [5.74, 6) is -3.86. The second kappa shape index (κ2) is 9.11. The molecule has 0 atom stereocenters. The number of ether oxygens (including phenoxy) is 2. The van der Waals surface area contributed by atoms with E-state index in [1.165, 1.54) is 6.07 Å². The van der Waals surface area contributed by atoms with Gasteiger partial charge in [0.05, 0.1) is 24.8 Å². The Labute approximate surface area is 192 Å². The number of hydrogen-bond acceptors (Lipinski definition) is 7. The van der Waals surface area contributed by atoms with Gasteiger partial charge in [0.15, 0.2) is 5.92 Å². The number of carbonyl (C=O) groups is 2. The minimum atomic E-state index is -4.05. The number of anilines is 1. The van der Waals surface area contributed by atoms with Gasteiger partial charge in [0.1, 0.15) is 5.75 Å². The molecule has 0 saturated heterocycles. The first-order chi connectivity index (χ1) is 15.5. The van der Waals surface area contributed by atoms with Gasteiger partial charge in [-0.05, 0) is 38.0 Å². The van der Waals surface area contributed by atoms with Gasteiger partial charge in [0.2, 0.25) is 0 Å². The summed E-state index contributed by atoms with van der Waals surface area (Å²) in [7, 11) is -1.85. The number of esters is 2. The van der Waals surface area contributed by atoms with Crippen LogP contribution in [-0.4, -0.2) is 39.7 Å². The molecule has 8 nitrogen and oxygen atoms in total. The van der Waals surface area contributed by atoms with E-state index in [2.05, 4.69) is 4.72 Å². The van der Waals surface area contributed by atoms with Crippen LogP contribution in [0.3, 0.4) is 0 Å². The Bertz CT molecular complexity index is 1320. The number of phenolic OH excluding ortho intramolecular Hbond substituents is 1. The molecule has 0 aromatic heterocycles. The van der Waals surface area contributed by atoms with Crippen LogP contribution in [-0.2, 0) is 29.1 Å². The van der Waals surface area contributed by atoms with E-state index in [0.29, 0.717) is 16.5 Å². The van der Waals surface area contributed by atoms with E-state index in [1.54, 1.807) is 50.2 Å². The molecule has 9 heteroatoms. The van der Waals surface area contributed by atoms with E-state index in [0.717, 1.165) is 19.8 Å². The van der Waals surface area contributed by atoms with Crippen molar-refractivity contribution in [3.8, 4) is 5.75 Å². The lowest BCUT2D eigenvalue weighted by Gasteiger charge is -2.19. The number of aryl methyl sites for hydroxylation is 3. The molecule has 0 radical (unpaired) electrons. The fourth-order valence-corrected chi connectivity index (χ4v) is 5.58. The van der Waals surface area contributed by atoms with E-state index < -0.39 is 27.9 Å². The number of benzene rings is 3. The van der Waals surface area contributed by atoms with Gasteiger partial charge in [-0.1, -0.05) is 42.0 Å². The zero-order valence-electron chi connectivity index (χ0n) is 18.9. The van der Waals surface area contributed by atoms with Crippen molar-refractivity contribution < 1.29 is 32.6 Å². The van der Waals surface area contributed by atoms with Crippen LogP contribution < -0.4 is 4.72 Å². The van der Waals surface area contributed by atoms with Crippen LogP contribution in [0.25, 0.3) is 10.8 Å². The summed E-state index contributed by atoms with van der Waals surface area (Å²) in [6.45, 7) is 5.29. The highest BCUT2D eigenvalue weighted by atomic mass is 32.2. The summed E-state index contributed by atoms with van der Waals surface area (Å²) in [6.07, 6.45) is 0. The molecule has 0 amide bonds. The monoisotopic (exact) mass is 471 g/mol. The van der Waals surface area contributed by atoms with Gasteiger partial charge >= 0.3 is 11.9 Å². The van der Waals surface area contributed by atoms with Crippen molar-refractivity contribution in [2.45, 2.75) is 31.6 Å². The maximum atomic E-state index is 13.4. The molecule has 0 unspecified atom stereocenters. The lowest BCUT2D eigenvalue weighted by atomic mass is 9.93. The Hall–Kier alpha value is -3.59. The molecule has 3 aromatic rings. The van der Waals surface area contributed by atoms with Crippen LogP contribution in [0.5, 0.6) is 5.75 Å². The highest BCUT2D eigenvalue weighted by Crippen LogP contribution is 2.40. The van der Waals surface area contributed by atoms with Gasteiger partial charge in [0.25, 0.3) is 10.0 Å². The first kappa shape index (κ1) is 24.1. The number of rotatable bonds is 6. The normalized spacial score (nSPS) is 11.5. The summed E-state index contributed by atoms with van der Waals surface area (Å²) >= 11 is 0. The summed E-state index contributed by atoms with van der Waals surface area (Å²) in [5, 5.41) is 11.5. The smallest absolute Gasteiger partial charge is 0.324 e. The van der Waals surface area contributed by atoms with Gasteiger partial charge in [0, 0.05) is 16.3 Å². The third kappa shape index (κ3) is 4.49. The molecule has 0 saturated carbocycles. The molecule has 3 rings (SSSR count). The SMILES string of the molecule is COC(=O)C(C(=O)OC)c1cc(NS(=O)(=O)c2c(C)cc(C)cc2C)c2ccccc2c1O. The van der Waals surface area contributed by atoms with Crippen molar-refractivity contribution in [2.24, 2.45) is 0 Å². The number of methoxy groups -OCH3 is 2. The van der Waals surface area contributed by atoms with Crippen LogP contribution in [0.1, 0.15) is 28.2 Å². The van der Waals surface area contributed by atoms with E-state index >= 15 is 0 Å². The third-order valence-electron chi connectivity index (χ3n) is 5.35. The first-order valence-electron chi connectivity index (χ1n) is 10.0. The van der Waals surface area contributed by atoms with Gasteiger partial charge in [-0.3, -0.25) is 14.3 Å². The summed E-state index contributed by atoms with van der Waals surface area (Å²) in [4.78, 5) is 24.9. The van der Waals surface area contributed by atoms with Crippen LogP contribution >= 0.6 is 0 Å². The number of aromatic hydroxyl groups is 1. The zero-order chi connectivity index (χ0) is 24.5. The van der Waals surface area contributed by atoms with Crippen LogP contribution in [0.15, 0.2) is 47.4 Å². The van der Waals surface area contributed by atoms with Crippen molar-refractivity contribution in [2.75, 3.05) is 18.9 Å². The second-order valence-electron chi connectivity index (χ2n) is 7.72. The molecule has 2 N–H and O–H groups in total. The van der Waals surface area contributed by atoms with Gasteiger partial charge in [-0.15, -0.1) is 0 Å². The molecule has 174 valence electrons. The van der Waals surface area contributed by atoms with Crippen molar-refractivity contribution >= 4 is 38.4 Å². The molecule has 0 fully saturated rings. The Morgan fingerprint density at radius 3 is 1.94 bits per heavy atom. The first-order valence-corrected chi connectivity index (χ1v) is 11.5. The molecule has 0 heterocycles. The molecule has 0 aliphatic carbocycles. The van der Waals surface area contributed by atoms with E-state index in [1.807, 2.05) is 6.92 Å². The Morgan fingerprint density at radius 1 is 0.909 bits per heavy atom. The Kier molecular flexibility index (Phi) is 6.64. The molecule has 3 aromatic carbocycles. The number of fused-ring (bicyclic) bond motifs is 1. The fraction of sp³-hybridized carbons (Fsp3) is 0.250. The van der Waals surface area contributed by atoms with Crippen molar-refractivity contribution in [3.05, 3.63) is 64.7 Å². The fourth-order valence-electron chi connectivity index (χ4n) is 4.06. The number of phenols is 1. The summed E-state index contributed by atoms with van der Waals surface area (Å²) in [5.41, 5.74) is 2.04. The van der Waals surface area contributed by atoms with E-state index in [9.17, 15) is 23.1 Å². The number of sulfonamides is 1. The highest BCUT2D eigenvalue weighted by molar-refractivity contribution is 7.92. The molecule has 0 aliphatic heterocycles. The number of hydrogen-bond donors (Lipinski definition) is 2. The second-order valence-corrected chi connectivity index (χ2v) is 9.34. The van der Waals surface area contributed by atoms with Crippen LogP contribution in [0, 0.1) is 20.8 Å². The minimum absolute atomic E-state index is 0.0931. The number of carbonyl (C=O) groups excluding carboxylic acids is 2. The average Bonchev–Trinajstić information content (AvgIpc) is 2.75. The maximum absolute atomic E-state index is 13.4. The lowest BCUT2D eigenvalue weighted by molar-refractivity contribution is -0.154. The van der Waals surface area contributed by atoms with Crippen LogP contribution in [0.4, 0.5) is 5.69 Å². The molecule has 0 bridgehead atoms. The van der Waals surface area contributed by atoms with E-state index in [4.69, 9.17) is 9.47 Å². The maximum Gasteiger partial charge on any atom is 0.324 e. The lowest BCUT2D eigenvalue weighted by Crippen LogP contribution is -2.25. The van der Waals surface area contributed by atoms with Crippen LogP contribution in [0.2, 0.25) is 0 Å². The summed E-state index contributed by atoms with van der Waals surface area (Å²) < 4.78 is 38.8.